The van der Waals surface area contributed by atoms with E-state index in [9.17, 15) is 5.21 Å². The van der Waals surface area contributed by atoms with E-state index in [1.54, 1.807) is 0 Å². The van der Waals surface area contributed by atoms with Crippen molar-refractivity contribution >= 4 is 0 Å². The van der Waals surface area contributed by atoms with Crippen LogP contribution < -0.4 is 0 Å². The molecule has 2 unspecified atom stereocenters. The summed E-state index contributed by atoms with van der Waals surface area (Å²) >= 11 is 0. The molecular weight excluding hydrogens is 178 g/mol. The van der Waals surface area contributed by atoms with E-state index in [0.29, 0.717) is 13.2 Å². The van der Waals surface area contributed by atoms with Crippen LogP contribution in [0.4, 0.5) is 0 Å². The third-order valence-corrected chi connectivity index (χ3v) is 2.65. The molecular formula is C11H15NO2. The fourth-order valence-corrected chi connectivity index (χ4v) is 1.79. The summed E-state index contributed by atoms with van der Waals surface area (Å²) < 4.78 is 5.64. The zero-order valence-corrected chi connectivity index (χ0v) is 8.26. The molecule has 1 fully saturated rings. The fraction of sp³-hybridized carbons (Fsp3) is 0.455. The molecule has 1 N–H and O–H groups in total. The zero-order valence-electron chi connectivity index (χ0n) is 8.26. The van der Waals surface area contributed by atoms with Crippen molar-refractivity contribution in [3.8, 4) is 0 Å². The molecule has 1 aromatic carbocycles. The molecule has 2 rings (SSSR count). The van der Waals surface area contributed by atoms with Crippen LogP contribution in [0.3, 0.4) is 0 Å². The molecule has 76 valence electrons. The van der Waals surface area contributed by atoms with Crippen molar-refractivity contribution < 1.29 is 9.94 Å². The van der Waals surface area contributed by atoms with Crippen molar-refractivity contribution in [3.05, 3.63) is 35.9 Å². The average Bonchev–Trinajstić information content (AvgIpc) is 2.23. The minimum absolute atomic E-state index is 0.0186. The second-order valence-corrected chi connectivity index (χ2v) is 3.61. The van der Waals surface area contributed by atoms with Crippen molar-refractivity contribution in [3.63, 3.8) is 0 Å². The van der Waals surface area contributed by atoms with Gasteiger partial charge in [-0.05, 0) is 12.5 Å². The molecule has 1 heterocycles. The lowest BCUT2D eigenvalue weighted by Crippen LogP contribution is -2.43. The number of hydrogen-bond acceptors (Lipinski definition) is 3. The van der Waals surface area contributed by atoms with Gasteiger partial charge >= 0.3 is 0 Å². The lowest BCUT2D eigenvalue weighted by molar-refractivity contribution is -0.204. The maximum Gasteiger partial charge on any atom is 0.100 e. The molecule has 0 aliphatic carbocycles. The highest BCUT2D eigenvalue weighted by Crippen LogP contribution is 2.26. The Morgan fingerprint density at radius 2 is 2.07 bits per heavy atom. The second-order valence-electron chi connectivity index (χ2n) is 3.61. The Balaban J connectivity index is 2.17. The Labute approximate surface area is 83.9 Å². The van der Waals surface area contributed by atoms with Crippen molar-refractivity contribution in [1.29, 1.82) is 0 Å². The quantitative estimate of drug-likeness (QED) is 0.738. The van der Waals surface area contributed by atoms with Crippen molar-refractivity contribution in [2.24, 2.45) is 0 Å². The predicted octanol–water partition coefficient (Wildman–Crippen LogP) is 1.84. The molecule has 0 spiro atoms. The number of rotatable bonds is 1. The second kappa shape index (κ2) is 4.09. The number of nitrogens with zero attached hydrogens (tertiary/aromatic N) is 1. The fourth-order valence-electron chi connectivity index (χ4n) is 1.79. The van der Waals surface area contributed by atoms with Crippen LogP contribution in [0.25, 0.3) is 0 Å². The number of benzene rings is 1. The van der Waals surface area contributed by atoms with Gasteiger partial charge in [0.1, 0.15) is 6.10 Å². The van der Waals surface area contributed by atoms with Crippen molar-refractivity contribution in [2.45, 2.75) is 19.1 Å². The maximum absolute atomic E-state index is 9.56. The Morgan fingerprint density at radius 1 is 1.36 bits per heavy atom. The summed E-state index contributed by atoms with van der Waals surface area (Å²) in [5, 5.41) is 10.9. The first kappa shape index (κ1) is 9.65. The number of hydroxylamine groups is 2. The summed E-state index contributed by atoms with van der Waals surface area (Å²) in [7, 11) is 0. The summed E-state index contributed by atoms with van der Waals surface area (Å²) in [6.07, 6.45) is -0.0186. The van der Waals surface area contributed by atoms with Gasteiger partial charge in [-0.1, -0.05) is 30.3 Å². The zero-order chi connectivity index (χ0) is 9.97. The van der Waals surface area contributed by atoms with Gasteiger partial charge in [0.25, 0.3) is 0 Å². The van der Waals surface area contributed by atoms with E-state index in [0.717, 1.165) is 5.56 Å². The maximum atomic E-state index is 9.56. The number of hydrogen-bond donors (Lipinski definition) is 1. The normalized spacial score (nSPS) is 29.0. The summed E-state index contributed by atoms with van der Waals surface area (Å²) in [4.78, 5) is 0. The van der Waals surface area contributed by atoms with Crippen LogP contribution in [0, 0.1) is 0 Å². The number of ether oxygens (including phenoxy) is 1. The van der Waals surface area contributed by atoms with Gasteiger partial charge in [0.15, 0.2) is 0 Å². The van der Waals surface area contributed by atoms with Crippen LogP contribution in [0.2, 0.25) is 0 Å². The first-order chi connectivity index (χ1) is 6.79. The summed E-state index contributed by atoms with van der Waals surface area (Å²) in [6, 6.07) is 10.0. The minimum Gasteiger partial charge on any atom is -0.370 e. The predicted molar refractivity (Wildman–Crippen MR) is 53.1 cm³/mol. The molecule has 1 aliphatic heterocycles. The molecule has 1 aromatic rings. The molecule has 0 saturated carbocycles. The SMILES string of the molecule is CC1C(c2ccccc2)OCCN1O. The largest absolute Gasteiger partial charge is 0.370 e. The molecule has 3 nitrogen and oxygen atoms in total. The lowest BCUT2D eigenvalue weighted by atomic mass is 10.0. The molecule has 3 heteroatoms. The van der Waals surface area contributed by atoms with Gasteiger partial charge in [0.2, 0.25) is 0 Å². The first-order valence-electron chi connectivity index (χ1n) is 4.91. The molecule has 0 radical (unpaired) electrons. The van der Waals surface area contributed by atoms with Gasteiger partial charge in [0, 0.05) is 6.54 Å². The van der Waals surface area contributed by atoms with E-state index >= 15 is 0 Å². The Morgan fingerprint density at radius 3 is 2.79 bits per heavy atom. The van der Waals surface area contributed by atoms with E-state index < -0.39 is 0 Å². The van der Waals surface area contributed by atoms with Gasteiger partial charge in [-0.15, -0.1) is 0 Å². The van der Waals surface area contributed by atoms with E-state index in [4.69, 9.17) is 4.74 Å². The van der Waals surface area contributed by atoms with Crippen LogP contribution in [0.5, 0.6) is 0 Å². The molecule has 14 heavy (non-hydrogen) atoms. The lowest BCUT2D eigenvalue weighted by Gasteiger charge is -2.35. The molecule has 0 bridgehead atoms. The third-order valence-electron chi connectivity index (χ3n) is 2.65. The standard InChI is InChI=1S/C11H15NO2/c1-9-11(14-8-7-12(9)13)10-5-3-2-4-6-10/h2-6,9,11,13H,7-8H2,1H3. The van der Waals surface area contributed by atoms with Gasteiger partial charge in [-0.2, -0.15) is 5.06 Å². The topological polar surface area (TPSA) is 32.7 Å². The molecule has 1 aliphatic rings. The molecule has 2 atom stereocenters. The average molecular weight is 193 g/mol. The highest BCUT2D eigenvalue weighted by Gasteiger charge is 2.28. The smallest absolute Gasteiger partial charge is 0.100 e. The van der Waals surface area contributed by atoms with E-state index in [1.807, 2.05) is 37.3 Å². The number of morpholine rings is 1. The molecule has 0 amide bonds. The van der Waals surface area contributed by atoms with Crippen LogP contribution in [0.1, 0.15) is 18.6 Å². The summed E-state index contributed by atoms with van der Waals surface area (Å²) in [6.45, 7) is 3.14. The van der Waals surface area contributed by atoms with Gasteiger partial charge in [-0.25, -0.2) is 0 Å². The van der Waals surface area contributed by atoms with Gasteiger partial charge in [0.05, 0.1) is 12.6 Å². The van der Waals surface area contributed by atoms with Crippen LogP contribution in [-0.2, 0) is 4.74 Å². The Kier molecular flexibility index (Phi) is 2.82. The first-order valence-corrected chi connectivity index (χ1v) is 4.91. The van der Waals surface area contributed by atoms with Crippen LogP contribution in [-0.4, -0.2) is 29.5 Å². The van der Waals surface area contributed by atoms with E-state index in [1.165, 1.54) is 5.06 Å². The molecule has 0 aromatic heterocycles. The van der Waals surface area contributed by atoms with E-state index in [2.05, 4.69) is 0 Å². The minimum atomic E-state index is -0.0186. The third kappa shape index (κ3) is 1.80. The van der Waals surface area contributed by atoms with Crippen LogP contribution in [0.15, 0.2) is 30.3 Å². The van der Waals surface area contributed by atoms with Crippen LogP contribution >= 0.6 is 0 Å². The van der Waals surface area contributed by atoms with Gasteiger partial charge < -0.3 is 9.94 Å². The Bertz CT molecular complexity index is 289. The van der Waals surface area contributed by atoms with Gasteiger partial charge in [-0.3, -0.25) is 0 Å². The van der Waals surface area contributed by atoms with Crippen molar-refractivity contribution in [2.75, 3.05) is 13.2 Å². The Hall–Kier alpha value is -0.900. The highest BCUT2D eigenvalue weighted by molar-refractivity contribution is 5.19. The monoisotopic (exact) mass is 193 g/mol. The van der Waals surface area contributed by atoms with E-state index in [-0.39, 0.29) is 12.1 Å². The molecule has 1 saturated heterocycles. The summed E-state index contributed by atoms with van der Waals surface area (Å²) in [5.41, 5.74) is 1.12. The highest BCUT2D eigenvalue weighted by atomic mass is 16.5. The van der Waals surface area contributed by atoms with Crippen molar-refractivity contribution in [1.82, 2.24) is 5.06 Å². The summed E-state index contributed by atoms with van der Waals surface area (Å²) in [5.74, 6) is 0.